The molecule has 110 valence electrons. The Labute approximate surface area is 119 Å². The van der Waals surface area contributed by atoms with Crippen molar-refractivity contribution in [1.29, 1.82) is 0 Å². The molecule has 0 radical (unpaired) electrons. The third-order valence-corrected chi connectivity index (χ3v) is 19.1. The molecule has 1 unspecified atom stereocenters. The first-order valence-corrected chi connectivity index (χ1v) is 11.3. The molecule has 2 heteroatoms. The van der Waals surface area contributed by atoms with Crippen molar-refractivity contribution in [3.8, 4) is 0 Å². The van der Waals surface area contributed by atoms with Crippen molar-refractivity contribution in [2.45, 2.75) is 97.5 Å². The van der Waals surface area contributed by atoms with Gasteiger partial charge in [-0.2, -0.15) is 0 Å². The van der Waals surface area contributed by atoms with Crippen LogP contribution < -0.4 is 0 Å². The number of rotatable bonds is 4. The normalized spacial score (nSPS) is 15.7. The molecule has 0 aromatic rings. The van der Waals surface area contributed by atoms with Gasteiger partial charge in [0.1, 0.15) is 0 Å². The highest BCUT2D eigenvalue weighted by Crippen LogP contribution is 2.93. The molecule has 0 aromatic carbocycles. The van der Waals surface area contributed by atoms with Crippen LogP contribution in [0.5, 0.6) is 0 Å². The SMILES string of the molecule is CCCCP[P+](C(C)(C)C)(C(C)(C)C)C(C)(C)C. The zero-order valence-corrected chi connectivity index (χ0v) is 16.5. The average molecular weight is 291 g/mol. The van der Waals surface area contributed by atoms with Crippen molar-refractivity contribution in [3.05, 3.63) is 0 Å². The lowest BCUT2D eigenvalue weighted by Crippen LogP contribution is -2.41. The molecule has 0 spiro atoms. The van der Waals surface area contributed by atoms with Crippen LogP contribution in [0.2, 0.25) is 0 Å². The zero-order valence-electron chi connectivity index (χ0n) is 14.6. The van der Waals surface area contributed by atoms with Gasteiger partial charge < -0.3 is 0 Å². The first-order chi connectivity index (χ1) is 7.81. The Kier molecular flexibility index (Phi) is 6.39. The molecule has 0 heterocycles. The smallest absolute Gasteiger partial charge is 0.0654 e. The first-order valence-electron chi connectivity index (χ1n) is 7.46. The molecule has 0 aliphatic rings. The molecule has 0 fully saturated rings. The maximum absolute atomic E-state index is 2.50. The van der Waals surface area contributed by atoms with E-state index < -0.39 is 6.95 Å². The summed E-state index contributed by atoms with van der Waals surface area (Å²) in [5.41, 5.74) is 0. The number of hydrogen-bond acceptors (Lipinski definition) is 0. The van der Waals surface area contributed by atoms with Gasteiger partial charge in [0.15, 0.2) is 0 Å². The van der Waals surface area contributed by atoms with Gasteiger partial charge in [-0.3, -0.25) is 0 Å². The third-order valence-electron chi connectivity index (χ3n) is 3.90. The van der Waals surface area contributed by atoms with Crippen LogP contribution in [-0.2, 0) is 0 Å². The van der Waals surface area contributed by atoms with E-state index in [0.29, 0.717) is 15.5 Å². The average Bonchev–Trinajstić information content (AvgIpc) is 2.05. The second-order valence-corrected chi connectivity index (χ2v) is 17.6. The van der Waals surface area contributed by atoms with E-state index >= 15 is 0 Å². The minimum Gasteiger partial charge on any atom is -0.0654 e. The van der Waals surface area contributed by atoms with Gasteiger partial charge in [-0.25, -0.2) is 0 Å². The molecular formula is C16H37P2+. The van der Waals surface area contributed by atoms with Gasteiger partial charge in [-0.1, -0.05) is 13.3 Å². The van der Waals surface area contributed by atoms with Crippen LogP contribution in [0.25, 0.3) is 0 Å². The summed E-state index contributed by atoms with van der Waals surface area (Å²) in [4.78, 5) is 0. The van der Waals surface area contributed by atoms with Crippen molar-refractivity contribution in [3.63, 3.8) is 0 Å². The van der Waals surface area contributed by atoms with Crippen molar-refractivity contribution >= 4 is 15.2 Å². The molecule has 0 saturated carbocycles. The van der Waals surface area contributed by atoms with Crippen LogP contribution in [0.1, 0.15) is 82.1 Å². The Morgan fingerprint density at radius 2 is 1.06 bits per heavy atom. The quantitative estimate of drug-likeness (QED) is 0.395. The minimum atomic E-state index is -1.05. The highest BCUT2D eigenvalue weighted by atomic mass is 32.1. The maximum atomic E-state index is 2.50. The van der Waals surface area contributed by atoms with Gasteiger partial charge >= 0.3 is 0 Å². The van der Waals surface area contributed by atoms with Crippen LogP contribution in [0.4, 0.5) is 0 Å². The molecule has 1 atom stereocenters. The lowest BCUT2D eigenvalue weighted by atomic mass is 10.2. The highest BCUT2D eigenvalue weighted by molar-refractivity contribution is 8.33. The predicted octanol–water partition coefficient (Wildman–Crippen LogP) is 6.79. The monoisotopic (exact) mass is 291 g/mol. The molecule has 18 heavy (non-hydrogen) atoms. The fourth-order valence-corrected chi connectivity index (χ4v) is 18.2. The topological polar surface area (TPSA) is 0 Å². The third kappa shape index (κ3) is 3.70. The highest BCUT2D eigenvalue weighted by Gasteiger charge is 2.64. The standard InChI is InChI=1S/C16H37P2/c1-11-12-13-17-18(14(2,3)4,15(5,6)7)16(8,9)10/h17H,11-13H2,1-10H3/q+1. The fourth-order valence-electron chi connectivity index (χ4n) is 4.15. The Hall–Kier alpha value is 0.860. The van der Waals surface area contributed by atoms with Crippen molar-refractivity contribution < 1.29 is 0 Å². The van der Waals surface area contributed by atoms with Gasteiger partial charge in [-0.05, 0) is 68.7 Å². The summed E-state index contributed by atoms with van der Waals surface area (Å²) in [5, 5.41) is 1.36. The van der Waals surface area contributed by atoms with Gasteiger partial charge in [0.25, 0.3) is 0 Å². The summed E-state index contributed by atoms with van der Waals surface area (Å²) in [6.07, 6.45) is 4.18. The molecule has 0 aromatic heterocycles. The second kappa shape index (κ2) is 6.10. The summed E-state index contributed by atoms with van der Waals surface area (Å²) >= 11 is 0. The molecule has 0 aliphatic heterocycles. The summed E-state index contributed by atoms with van der Waals surface area (Å²) in [6.45, 7) is 23.7. The molecule has 0 saturated heterocycles. The zero-order chi connectivity index (χ0) is 14.8. The minimum absolute atomic E-state index is 0.454. The summed E-state index contributed by atoms with van der Waals surface area (Å²) in [6, 6.07) is 0. The van der Waals surface area contributed by atoms with E-state index in [1.54, 1.807) is 0 Å². The van der Waals surface area contributed by atoms with Gasteiger partial charge in [0.05, 0.1) is 15.5 Å². The molecule has 0 N–H and O–H groups in total. The fraction of sp³-hybridized carbons (Fsp3) is 1.00. The first kappa shape index (κ1) is 18.9. The van der Waals surface area contributed by atoms with Gasteiger partial charge in [-0.15, -0.1) is 0 Å². The lowest BCUT2D eigenvalue weighted by Gasteiger charge is -2.54. The van der Waals surface area contributed by atoms with Crippen LogP contribution in [0.3, 0.4) is 0 Å². The van der Waals surface area contributed by atoms with Crippen LogP contribution in [0.15, 0.2) is 0 Å². The molecule has 0 nitrogen and oxygen atoms in total. The summed E-state index contributed by atoms with van der Waals surface area (Å²) in [5.74, 6) is 0. The molecule has 0 bridgehead atoms. The Balaban J connectivity index is 5.61. The number of unbranched alkanes of at least 4 members (excludes halogenated alkanes) is 1. The second-order valence-electron chi connectivity index (χ2n) is 8.44. The Morgan fingerprint density at radius 3 is 1.28 bits per heavy atom. The van der Waals surface area contributed by atoms with E-state index in [1.807, 2.05) is 0 Å². The van der Waals surface area contributed by atoms with E-state index in [2.05, 4.69) is 69.2 Å². The van der Waals surface area contributed by atoms with E-state index in [-0.39, 0.29) is 0 Å². The van der Waals surface area contributed by atoms with E-state index in [9.17, 15) is 0 Å². The van der Waals surface area contributed by atoms with Crippen molar-refractivity contribution in [2.24, 2.45) is 0 Å². The van der Waals surface area contributed by atoms with E-state index in [1.165, 1.54) is 27.3 Å². The van der Waals surface area contributed by atoms with E-state index in [4.69, 9.17) is 0 Å². The largest absolute Gasteiger partial charge is 0.0745 e. The van der Waals surface area contributed by atoms with E-state index in [0.717, 1.165) is 0 Å². The molecule has 0 amide bonds. The summed E-state index contributed by atoms with van der Waals surface area (Å²) < 4.78 is 0. The molecule has 0 rings (SSSR count). The van der Waals surface area contributed by atoms with Crippen LogP contribution in [0, 0.1) is 0 Å². The number of hydrogen-bond donors (Lipinski definition) is 0. The van der Waals surface area contributed by atoms with Gasteiger partial charge in [0.2, 0.25) is 0 Å². The Bertz CT molecular complexity index is 212. The predicted molar refractivity (Wildman–Crippen MR) is 94.3 cm³/mol. The van der Waals surface area contributed by atoms with Crippen molar-refractivity contribution in [2.75, 3.05) is 6.16 Å². The summed E-state index contributed by atoms with van der Waals surface area (Å²) in [7, 11) is 1.17. The lowest BCUT2D eigenvalue weighted by molar-refractivity contribution is 0.636. The van der Waals surface area contributed by atoms with Crippen molar-refractivity contribution in [1.82, 2.24) is 0 Å². The molecular weight excluding hydrogens is 254 g/mol. The molecule has 0 aliphatic carbocycles. The van der Waals surface area contributed by atoms with Gasteiger partial charge in [0, 0.05) is 21.4 Å². The van der Waals surface area contributed by atoms with Crippen LogP contribution in [-0.4, -0.2) is 21.6 Å². The maximum Gasteiger partial charge on any atom is 0.0745 e. The Morgan fingerprint density at radius 1 is 0.722 bits per heavy atom. The van der Waals surface area contributed by atoms with Crippen LogP contribution >= 0.6 is 15.2 Å².